The Morgan fingerprint density at radius 2 is 1.84 bits per heavy atom. The van der Waals surface area contributed by atoms with Crippen LogP contribution in [-0.4, -0.2) is 6.04 Å². The molecule has 0 saturated carbocycles. The minimum Gasteiger partial charge on any atom is -0.483 e. The summed E-state index contributed by atoms with van der Waals surface area (Å²) in [6.45, 7) is 1.93. The first kappa shape index (κ1) is 14.4. The topological polar surface area (TPSA) is 35.2 Å². The predicted octanol–water partition coefficient (Wildman–Crippen LogP) is 4.57. The Labute approximate surface area is 126 Å². The SMILES string of the molecule is CC(N)C(Oc1ccc(Cl)cc1Br)c1ccccc1. The van der Waals surface area contributed by atoms with Crippen molar-refractivity contribution in [2.45, 2.75) is 19.1 Å². The molecule has 2 aromatic rings. The van der Waals surface area contributed by atoms with Gasteiger partial charge in [0.2, 0.25) is 0 Å². The molecule has 0 amide bonds. The molecule has 0 aliphatic heterocycles. The maximum absolute atomic E-state index is 6.03. The third-order valence-electron chi connectivity index (χ3n) is 2.75. The number of rotatable bonds is 4. The average molecular weight is 341 g/mol. The van der Waals surface area contributed by atoms with Crippen molar-refractivity contribution in [3.8, 4) is 5.75 Å². The van der Waals surface area contributed by atoms with Gasteiger partial charge in [-0.1, -0.05) is 41.9 Å². The molecule has 2 nitrogen and oxygen atoms in total. The molecule has 100 valence electrons. The largest absolute Gasteiger partial charge is 0.483 e. The van der Waals surface area contributed by atoms with Gasteiger partial charge in [0.05, 0.1) is 4.47 Å². The van der Waals surface area contributed by atoms with Gasteiger partial charge in [-0.15, -0.1) is 0 Å². The standard InChI is InChI=1S/C15H15BrClNO/c1-10(18)15(11-5-3-2-4-6-11)19-14-8-7-12(17)9-13(14)16/h2-10,15H,18H2,1H3. The van der Waals surface area contributed by atoms with Gasteiger partial charge in [0, 0.05) is 11.1 Å². The second-order valence-electron chi connectivity index (χ2n) is 4.38. The zero-order valence-electron chi connectivity index (χ0n) is 10.5. The third-order valence-corrected chi connectivity index (χ3v) is 3.61. The monoisotopic (exact) mass is 339 g/mol. The van der Waals surface area contributed by atoms with Crippen molar-refractivity contribution in [2.24, 2.45) is 5.73 Å². The number of hydrogen-bond acceptors (Lipinski definition) is 2. The van der Waals surface area contributed by atoms with Crippen molar-refractivity contribution < 1.29 is 4.74 Å². The summed E-state index contributed by atoms with van der Waals surface area (Å²) in [7, 11) is 0. The molecule has 2 rings (SSSR count). The summed E-state index contributed by atoms with van der Waals surface area (Å²) in [5.74, 6) is 0.732. The summed E-state index contributed by atoms with van der Waals surface area (Å²) >= 11 is 9.37. The van der Waals surface area contributed by atoms with Crippen molar-refractivity contribution >= 4 is 27.5 Å². The minimum atomic E-state index is -0.196. The van der Waals surface area contributed by atoms with Crippen molar-refractivity contribution in [1.82, 2.24) is 0 Å². The lowest BCUT2D eigenvalue weighted by atomic mass is 10.0. The number of hydrogen-bond donors (Lipinski definition) is 1. The Kier molecular flexibility index (Phi) is 4.86. The fraction of sp³-hybridized carbons (Fsp3) is 0.200. The van der Waals surface area contributed by atoms with Crippen LogP contribution in [0.4, 0.5) is 0 Å². The van der Waals surface area contributed by atoms with Crippen LogP contribution in [-0.2, 0) is 0 Å². The van der Waals surface area contributed by atoms with Crippen LogP contribution in [0.25, 0.3) is 0 Å². The Balaban J connectivity index is 2.27. The Bertz CT molecular complexity index is 545. The number of halogens is 2. The van der Waals surface area contributed by atoms with Crippen LogP contribution >= 0.6 is 27.5 Å². The van der Waals surface area contributed by atoms with E-state index in [-0.39, 0.29) is 12.1 Å². The molecular weight excluding hydrogens is 326 g/mol. The highest BCUT2D eigenvalue weighted by Crippen LogP contribution is 2.32. The molecule has 2 unspecified atom stereocenters. The molecule has 0 aliphatic rings. The van der Waals surface area contributed by atoms with Gasteiger partial charge in [0.15, 0.2) is 0 Å². The van der Waals surface area contributed by atoms with E-state index in [0.717, 1.165) is 15.8 Å². The molecule has 0 fully saturated rings. The maximum Gasteiger partial charge on any atom is 0.139 e. The van der Waals surface area contributed by atoms with E-state index in [1.807, 2.05) is 43.3 Å². The van der Waals surface area contributed by atoms with E-state index in [9.17, 15) is 0 Å². The highest BCUT2D eigenvalue weighted by Gasteiger charge is 2.19. The van der Waals surface area contributed by atoms with Crippen LogP contribution in [0.1, 0.15) is 18.6 Å². The molecule has 0 spiro atoms. The van der Waals surface area contributed by atoms with E-state index in [4.69, 9.17) is 22.1 Å². The molecule has 0 aromatic heterocycles. The lowest BCUT2D eigenvalue weighted by Crippen LogP contribution is -2.29. The van der Waals surface area contributed by atoms with E-state index in [1.54, 1.807) is 12.1 Å². The fourth-order valence-corrected chi connectivity index (χ4v) is 2.61. The second-order valence-corrected chi connectivity index (χ2v) is 5.67. The fourth-order valence-electron chi connectivity index (χ4n) is 1.83. The molecule has 0 aliphatic carbocycles. The van der Waals surface area contributed by atoms with Crippen molar-refractivity contribution in [3.63, 3.8) is 0 Å². The van der Waals surface area contributed by atoms with Crippen LogP contribution in [0.3, 0.4) is 0 Å². The predicted molar refractivity (Wildman–Crippen MR) is 82.6 cm³/mol. The van der Waals surface area contributed by atoms with Gasteiger partial charge in [-0.25, -0.2) is 0 Å². The van der Waals surface area contributed by atoms with E-state index >= 15 is 0 Å². The summed E-state index contributed by atoms with van der Waals surface area (Å²) in [6.07, 6.45) is -0.196. The minimum absolute atomic E-state index is 0.120. The van der Waals surface area contributed by atoms with Crippen LogP contribution in [0.2, 0.25) is 5.02 Å². The summed E-state index contributed by atoms with van der Waals surface area (Å²) < 4.78 is 6.84. The Morgan fingerprint density at radius 3 is 2.42 bits per heavy atom. The van der Waals surface area contributed by atoms with E-state index in [2.05, 4.69) is 15.9 Å². The van der Waals surface area contributed by atoms with Gasteiger partial charge < -0.3 is 10.5 Å². The molecular formula is C15H15BrClNO. The van der Waals surface area contributed by atoms with Crippen LogP contribution in [0.15, 0.2) is 53.0 Å². The number of ether oxygens (including phenoxy) is 1. The smallest absolute Gasteiger partial charge is 0.139 e. The molecule has 2 atom stereocenters. The summed E-state index contributed by atoms with van der Waals surface area (Å²) in [5, 5.41) is 0.663. The quantitative estimate of drug-likeness (QED) is 0.885. The molecule has 0 radical (unpaired) electrons. The molecule has 2 N–H and O–H groups in total. The van der Waals surface area contributed by atoms with Crippen molar-refractivity contribution in [2.75, 3.05) is 0 Å². The van der Waals surface area contributed by atoms with E-state index in [1.165, 1.54) is 0 Å². The summed E-state index contributed by atoms with van der Waals surface area (Å²) in [5.41, 5.74) is 7.09. The highest BCUT2D eigenvalue weighted by atomic mass is 79.9. The van der Waals surface area contributed by atoms with Gasteiger partial charge in [0.1, 0.15) is 11.9 Å². The lowest BCUT2D eigenvalue weighted by Gasteiger charge is -2.23. The molecule has 0 heterocycles. The maximum atomic E-state index is 6.03. The third kappa shape index (κ3) is 3.72. The molecule has 2 aromatic carbocycles. The van der Waals surface area contributed by atoms with Crippen molar-refractivity contribution in [3.05, 3.63) is 63.6 Å². The average Bonchev–Trinajstić information content (AvgIpc) is 2.38. The van der Waals surface area contributed by atoms with E-state index < -0.39 is 0 Å². The second kappa shape index (κ2) is 6.42. The molecule has 0 saturated heterocycles. The Hall–Kier alpha value is -1.03. The van der Waals surface area contributed by atoms with Crippen LogP contribution < -0.4 is 10.5 Å². The highest BCUT2D eigenvalue weighted by molar-refractivity contribution is 9.10. The van der Waals surface area contributed by atoms with Gasteiger partial charge in [-0.3, -0.25) is 0 Å². The van der Waals surface area contributed by atoms with Gasteiger partial charge >= 0.3 is 0 Å². The molecule has 4 heteroatoms. The molecule has 19 heavy (non-hydrogen) atoms. The van der Waals surface area contributed by atoms with Gasteiger partial charge in [0.25, 0.3) is 0 Å². The summed E-state index contributed by atoms with van der Waals surface area (Å²) in [6, 6.07) is 15.3. The van der Waals surface area contributed by atoms with E-state index in [0.29, 0.717) is 5.02 Å². The normalized spacial score (nSPS) is 13.9. The number of nitrogens with two attached hydrogens (primary N) is 1. The Morgan fingerprint density at radius 1 is 1.16 bits per heavy atom. The van der Waals surface area contributed by atoms with Crippen molar-refractivity contribution in [1.29, 1.82) is 0 Å². The summed E-state index contributed by atoms with van der Waals surface area (Å²) in [4.78, 5) is 0. The number of benzene rings is 2. The van der Waals surface area contributed by atoms with Gasteiger partial charge in [-0.2, -0.15) is 0 Å². The van der Waals surface area contributed by atoms with Gasteiger partial charge in [-0.05, 0) is 46.6 Å². The zero-order chi connectivity index (χ0) is 13.8. The zero-order valence-corrected chi connectivity index (χ0v) is 12.9. The lowest BCUT2D eigenvalue weighted by molar-refractivity contribution is 0.179. The molecule has 0 bridgehead atoms. The first-order chi connectivity index (χ1) is 9.08. The first-order valence-corrected chi connectivity index (χ1v) is 7.17. The first-order valence-electron chi connectivity index (χ1n) is 6.00. The van der Waals surface area contributed by atoms with Crippen LogP contribution in [0.5, 0.6) is 5.75 Å². The van der Waals surface area contributed by atoms with Crippen LogP contribution in [0, 0.1) is 0 Å².